The molecule has 0 amide bonds. The average Bonchev–Trinajstić information content (AvgIpc) is 2.76. The molecule has 0 radical (unpaired) electrons. The van der Waals surface area contributed by atoms with E-state index < -0.39 is 10.0 Å². The van der Waals surface area contributed by atoms with E-state index in [0.29, 0.717) is 0 Å². The van der Waals surface area contributed by atoms with Crippen LogP contribution in [-0.2, 0) is 16.6 Å². The van der Waals surface area contributed by atoms with Gasteiger partial charge in [0.25, 0.3) is 0 Å². The maximum Gasteiger partial charge on any atom is 0.240 e. The number of phenols is 1. The van der Waals surface area contributed by atoms with Crippen LogP contribution in [-0.4, -0.2) is 13.5 Å². The highest BCUT2D eigenvalue weighted by Crippen LogP contribution is 2.23. The van der Waals surface area contributed by atoms with Gasteiger partial charge >= 0.3 is 0 Å². The van der Waals surface area contributed by atoms with Crippen LogP contribution in [0, 0.1) is 6.92 Å². The third kappa shape index (κ3) is 3.06. The minimum absolute atomic E-state index is 0.0372. The second-order valence-electron chi connectivity index (χ2n) is 4.07. The maximum absolute atomic E-state index is 12.1. The largest absolute Gasteiger partial charge is 0.506 e. The van der Waals surface area contributed by atoms with E-state index in [-0.39, 0.29) is 22.9 Å². The van der Waals surface area contributed by atoms with Gasteiger partial charge < -0.3 is 10.8 Å². The van der Waals surface area contributed by atoms with E-state index in [4.69, 9.17) is 5.73 Å². The molecule has 1 aromatic heterocycles. The molecule has 4 N–H and O–H groups in total. The Bertz CT molecular complexity index is 693. The van der Waals surface area contributed by atoms with Crippen LogP contribution in [0.2, 0.25) is 0 Å². The van der Waals surface area contributed by atoms with E-state index in [1.165, 1.54) is 29.5 Å². The van der Waals surface area contributed by atoms with Gasteiger partial charge in [0.05, 0.1) is 10.6 Å². The molecule has 2 rings (SSSR count). The fourth-order valence-corrected chi connectivity index (χ4v) is 3.50. The summed E-state index contributed by atoms with van der Waals surface area (Å²) in [5.74, 6) is -0.131. The van der Waals surface area contributed by atoms with Gasteiger partial charge in [0.1, 0.15) is 5.75 Å². The van der Waals surface area contributed by atoms with Crippen molar-refractivity contribution in [2.24, 2.45) is 0 Å². The Kier molecular flexibility index (Phi) is 3.79. The number of phenolic OH excluding ortho intramolecular Hbond substituents is 1. The molecule has 0 saturated heterocycles. The zero-order chi connectivity index (χ0) is 14.0. The van der Waals surface area contributed by atoms with Crippen LogP contribution in [0.15, 0.2) is 34.5 Å². The summed E-state index contributed by atoms with van der Waals surface area (Å²) in [7, 11) is -3.63. The Morgan fingerprint density at radius 3 is 2.68 bits per heavy atom. The zero-order valence-electron chi connectivity index (χ0n) is 10.3. The Morgan fingerprint density at radius 1 is 1.37 bits per heavy atom. The summed E-state index contributed by atoms with van der Waals surface area (Å²) in [6, 6.07) is 5.75. The van der Waals surface area contributed by atoms with Crippen LogP contribution < -0.4 is 10.5 Å². The fourth-order valence-electron chi connectivity index (χ4n) is 1.53. The Labute approximate surface area is 115 Å². The first-order valence-electron chi connectivity index (χ1n) is 5.51. The van der Waals surface area contributed by atoms with E-state index >= 15 is 0 Å². The molecular formula is C12H14N2O3S2. The quantitative estimate of drug-likeness (QED) is 0.593. The molecule has 0 unspecified atom stereocenters. The lowest BCUT2D eigenvalue weighted by molar-refractivity contribution is 0.477. The summed E-state index contributed by atoms with van der Waals surface area (Å²) in [5.41, 5.74) is 6.58. The van der Waals surface area contributed by atoms with E-state index in [1.807, 2.05) is 18.4 Å². The summed E-state index contributed by atoms with van der Waals surface area (Å²) in [4.78, 5) is 1.01. The third-order valence-electron chi connectivity index (χ3n) is 2.70. The van der Waals surface area contributed by atoms with Gasteiger partial charge in [-0.1, -0.05) is 0 Å². The number of benzene rings is 1. The van der Waals surface area contributed by atoms with Gasteiger partial charge in [-0.05, 0) is 42.1 Å². The van der Waals surface area contributed by atoms with Gasteiger partial charge in [-0.2, -0.15) is 0 Å². The topological polar surface area (TPSA) is 92.4 Å². The number of sulfonamides is 1. The summed E-state index contributed by atoms with van der Waals surface area (Å²) in [5, 5.41) is 11.2. The number of aryl methyl sites for hydroxylation is 1. The second-order valence-corrected chi connectivity index (χ2v) is 6.84. The van der Waals surface area contributed by atoms with Gasteiger partial charge in [-0.3, -0.25) is 0 Å². The van der Waals surface area contributed by atoms with Gasteiger partial charge in [-0.25, -0.2) is 13.1 Å². The molecule has 0 bridgehead atoms. The van der Waals surface area contributed by atoms with Gasteiger partial charge in [0, 0.05) is 11.4 Å². The number of hydrogen-bond donors (Lipinski definition) is 3. The number of thiophene rings is 1. The fraction of sp³-hybridized carbons (Fsp3) is 0.167. The van der Waals surface area contributed by atoms with Crippen molar-refractivity contribution in [3.8, 4) is 5.75 Å². The van der Waals surface area contributed by atoms with Crippen molar-refractivity contribution in [2.45, 2.75) is 18.4 Å². The number of rotatable bonds is 4. The lowest BCUT2D eigenvalue weighted by Gasteiger charge is -2.07. The van der Waals surface area contributed by atoms with E-state index in [9.17, 15) is 13.5 Å². The molecule has 1 aromatic carbocycles. The summed E-state index contributed by atoms with van der Waals surface area (Å²) >= 11 is 1.50. The van der Waals surface area contributed by atoms with Crippen LogP contribution >= 0.6 is 11.3 Å². The van der Waals surface area contributed by atoms with Crippen LogP contribution in [0.3, 0.4) is 0 Å². The van der Waals surface area contributed by atoms with Gasteiger partial charge in [-0.15, -0.1) is 11.3 Å². The molecule has 0 aliphatic heterocycles. The molecule has 0 spiro atoms. The Morgan fingerprint density at radius 2 is 2.11 bits per heavy atom. The number of anilines is 1. The number of nitrogens with one attached hydrogen (secondary N) is 1. The first-order chi connectivity index (χ1) is 8.90. The van der Waals surface area contributed by atoms with Crippen molar-refractivity contribution < 1.29 is 13.5 Å². The molecule has 19 heavy (non-hydrogen) atoms. The molecule has 1 heterocycles. The predicted molar refractivity (Wildman–Crippen MR) is 75.6 cm³/mol. The zero-order valence-corrected chi connectivity index (χ0v) is 11.9. The number of nitrogen functional groups attached to an aromatic ring is 1. The van der Waals surface area contributed by atoms with E-state index in [2.05, 4.69) is 4.72 Å². The van der Waals surface area contributed by atoms with Crippen molar-refractivity contribution >= 4 is 27.0 Å². The minimum atomic E-state index is -3.63. The molecule has 0 fully saturated rings. The van der Waals surface area contributed by atoms with Crippen LogP contribution in [0.4, 0.5) is 5.69 Å². The summed E-state index contributed by atoms with van der Waals surface area (Å²) in [6.45, 7) is 2.17. The SMILES string of the molecule is Cc1ccsc1CNS(=O)(=O)c1ccc(O)c(N)c1. The van der Waals surface area contributed by atoms with Crippen LogP contribution in [0.5, 0.6) is 5.75 Å². The van der Waals surface area contributed by atoms with Crippen LogP contribution in [0.25, 0.3) is 0 Å². The average molecular weight is 298 g/mol. The number of aromatic hydroxyl groups is 1. The highest BCUT2D eigenvalue weighted by molar-refractivity contribution is 7.89. The summed E-state index contributed by atoms with van der Waals surface area (Å²) < 4.78 is 26.6. The van der Waals surface area contributed by atoms with E-state index in [1.54, 1.807) is 0 Å². The first-order valence-corrected chi connectivity index (χ1v) is 7.87. The maximum atomic E-state index is 12.1. The summed E-state index contributed by atoms with van der Waals surface area (Å²) in [6.07, 6.45) is 0. The highest BCUT2D eigenvalue weighted by Gasteiger charge is 2.15. The third-order valence-corrected chi connectivity index (χ3v) is 5.12. The lowest BCUT2D eigenvalue weighted by atomic mass is 10.3. The van der Waals surface area contributed by atoms with Crippen LogP contribution in [0.1, 0.15) is 10.4 Å². The smallest absolute Gasteiger partial charge is 0.240 e. The Balaban J connectivity index is 2.18. The van der Waals surface area contributed by atoms with Gasteiger partial charge in [0.15, 0.2) is 0 Å². The Hall–Kier alpha value is -1.57. The monoisotopic (exact) mass is 298 g/mol. The minimum Gasteiger partial charge on any atom is -0.506 e. The number of nitrogens with two attached hydrogens (primary N) is 1. The molecular weight excluding hydrogens is 284 g/mol. The van der Waals surface area contributed by atoms with Crippen molar-refractivity contribution in [3.63, 3.8) is 0 Å². The predicted octanol–water partition coefficient (Wildman–Crippen LogP) is 1.82. The van der Waals surface area contributed by atoms with Gasteiger partial charge in [0.2, 0.25) is 10.0 Å². The molecule has 0 aliphatic rings. The van der Waals surface area contributed by atoms with Crippen molar-refractivity contribution in [1.82, 2.24) is 4.72 Å². The normalized spacial score (nSPS) is 11.6. The molecule has 0 atom stereocenters. The van der Waals surface area contributed by atoms with Crippen molar-refractivity contribution in [1.29, 1.82) is 0 Å². The first kappa shape index (κ1) is 13.9. The standard InChI is InChI=1S/C12H14N2O3S2/c1-8-4-5-18-12(8)7-14-19(16,17)9-2-3-11(15)10(13)6-9/h2-6,14-15H,7,13H2,1H3. The number of hydrogen-bond acceptors (Lipinski definition) is 5. The molecule has 5 nitrogen and oxygen atoms in total. The molecule has 102 valence electrons. The molecule has 0 aliphatic carbocycles. The van der Waals surface area contributed by atoms with Crippen molar-refractivity contribution in [3.05, 3.63) is 40.1 Å². The van der Waals surface area contributed by atoms with Crippen molar-refractivity contribution in [2.75, 3.05) is 5.73 Å². The van der Waals surface area contributed by atoms with E-state index in [0.717, 1.165) is 10.4 Å². The molecule has 0 saturated carbocycles. The lowest BCUT2D eigenvalue weighted by Crippen LogP contribution is -2.23. The second kappa shape index (κ2) is 5.20. The molecule has 2 aromatic rings. The molecule has 7 heteroatoms. The highest BCUT2D eigenvalue weighted by atomic mass is 32.2.